The van der Waals surface area contributed by atoms with Gasteiger partial charge in [-0.15, -0.1) is 0 Å². The van der Waals surface area contributed by atoms with Gasteiger partial charge in [-0.3, -0.25) is 4.98 Å². The Labute approximate surface area is 125 Å². The van der Waals surface area contributed by atoms with Crippen LogP contribution >= 0.6 is 0 Å². The smallest absolute Gasteiger partial charge is 0.393 e. The number of aliphatic hydroxyl groups excluding tert-OH is 1. The number of aromatic nitrogens is 1. The molecule has 4 rings (SSSR count). The number of aliphatic hydroxyl groups is 1. The van der Waals surface area contributed by atoms with E-state index < -0.39 is 11.7 Å². The Kier molecular flexibility index (Phi) is 2.88. The zero-order valence-corrected chi connectivity index (χ0v) is 11.7. The van der Waals surface area contributed by atoms with E-state index in [2.05, 4.69) is 9.88 Å². The van der Waals surface area contributed by atoms with Crippen molar-refractivity contribution in [3.63, 3.8) is 0 Å². The van der Waals surface area contributed by atoms with E-state index in [-0.39, 0.29) is 17.5 Å². The van der Waals surface area contributed by atoms with Crippen molar-refractivity contribution in [3.05, 3.63) is 36.0 Å². The summed E-state index contributed by atoms with van der Waals surface area (Å²) in [5.74, 6) is 0.693. The third-order valence-electron chi connectivity index (χ3n) is 4.92. The fraction of sp³-hybridized carbons (Fsp3) is 0.438. The molecule has 0 radical (unpaired) electrons. The van der Waals surface area contributed by atoms with Gasteiger partial charge in [0.1, 0.15) is 0 Å². The molecule has 1 aromatic carbocycles. The molecular formula is C16H15F3N2O. The number of nitrogens with zero attached hydrogens (tertiary/aromatic N) is 2. The molecule has 3 atom stereocenters. The second-order valence-electron chi connectivity index (χ2n) is 6.16. The highest BCUT2D eigenvalue weighted by molar-refractivity contribution is 5.93. The Morgan fingerprint density at radius 2 is 2.00 bits per heavy atom. The first-order valence-corrected chi connectivity index (χ1v) is 7.33. The summed E-state index contributed by atoms with van der Waals surface area (Å²) < 4.78 is 39.4. The van der Waals surface area contributed by atoms with E-state index in [9.17, 15) is 18.3 Å². The number of fused-ring (bicyclic) bond motifs is 2. The topological polar surface area (TPSA) is 36.4 Å². The number of halogens is 3. The lowest BCUT2D eigenvalue weighted by Crippen LogP contribution is -2.39. The fourth-order valence-corrected chi connectivity index (χ4v) is 3.73. The van der Waals surface area contributed by atoms with Crippen molar-refractivity contribution < 1.29 is 18.3 Å². The second kappa shape index (κ2) is 4.59. The normalized spacial score (nSPS) is 27.8. The van der Waals surface area contributed by atoms with Crippen molar-refractivity contribution in [1.82, 2.24) is 4.98 Å². The quantitative estimate of drug-likeness (QED) is 0.879. The maximum absolute atomic E-state index is 13.1. The van der Waals surface area contributed by atoms with Crippen LogP contribution in [0, 0.1) is 11.8 Å². The molecule has 0 amide bonds. The van der Waals surface area contributed by atoms with Crippen LogP contribution in [-0.2, 0) is 6.18 Å². The molecule has 1 aliphatic heterocycles. The highest BCUT2D eigenvalue weighted by Crippen LogP contribution is 2.44. The number of alkyl halides is 3. The molecule has 22 heavy (non-hydrogen) atoms. The Morgan fingerprint density at radius 3 is 2.68 bits per heavy atom. The van der Waals surface area contributed by atoms with Gasteiger partial charge in [0, 0.05) is 36.3 Å². The van der Waals surface area contributed by atoms with Gasteiger partial charge in [-0.2, -0.15) is 13.2 Å². The first-order valence-electron chi connectivity index (χ1n) is 7.33. The lowest BCUT2D eigenvalue weighted by atomic mass is 9.74. The SMILES string of the molecule is O[C@@H]1C[C@@H]2CN(c3ccnc4c(C(F)(F)F)cccc34)C[C@@H]21. The lowest BCUT2D eigenvalue weighted by molar-refractivity contribution is -0.136. The maximum Gasteiger partial charge on any atom is 0.418 e. The van der Waals surface area contributed by atoms with Gasteiger partial charge in [0.15, 0.2) is 0 Å². The molecule has 3 nitrogen and oxygen atoms in total. The number of pyridine rings is 1. The number of benzene rings is 1. The minimum atomic E-state index is -4.41. The lowest BCUT2D eigenvalue weighted by Gasteiger charge is -2.34. The molecule has 1 saturated carbocycles. The number of hydrogen-bond acceptors (Lipinski definition) is 3. The standard InChI is InChI=1S/C16H15F3N2O/c17-16(18,19)12-3-1-2-10-13(4-5-20-15(10)12)21-7-9-6-14(22)11(9)8-21/h1-5,9,11,14,22H,6-8H2/t9-,11+,14-/m1/s1. The highest BCUT2D eigenvalue weighted by atomic mass is 19.4. The van der Waals surface area contributed by atoms with Crippen LogP contribution in [0.1, 0.15) is 12.0 Å². The molecule has 6 heteroatoms. The molecule has 1 aliphatic carbocycles. The molecule has 116 valence electrons. The van der Waals surface area contributed by atoms with Crippen LogP contribution in [0.4, 0.5) is 18.9 Å². The first kappa shape index (κ1) is 13.8. The van der Waals surface area contributed by atoms with Gasteiger partial charge >= 0.3 is 6.18 Å². The Balaban J connectivity index is 1.80. The zero-order valence-electron chi connectivity index (χ0n) is 11.7. The molecule has 2 aromatic rings. The summed E-state index contributed by atoms with van der Waals surface area (Å²) in [6.45, 7) is 1.48. The first-order chi connectivity index (χ1) is 10.4. The Morgan fingerprint density at radius 1 is 1.18 bits per heavy atom. The molecule has 2 heterocycles. The summed E-state index contributed by atoms with van der Waals surface area (Å²) in [5, 5.41) is 10.3. The maximum atomic E-state index is 13.1. The van der Waals surface area contributed by atoms with E-state index in [1.54, 1.807) is 12.1 Å². The fourth-order valence-electron chi connectivity index (χ4n) is 3.73. The van der Waals surface area contributed by atoms with Crippen molar-refractivity contribution in [2.75, 3.05) is 18.0 Å². The third kappa shape index (κ3) is 1.97. The summed E-state index contributed by atoms with van der Waals surface area (Å²) in [6, 6.07) is 5.94. The second-order valence-corrected chi connectivity index (χ2v) is 6.16. The summed E-state index contributed by atoms with van der Waals surface area (Å²) in [6.07, 6.45) is -2.46. The van der Waals surface area contributed by atoms with Crippen LogP contribution in [0.3, 0.4) is 0 Å². The Bertz CT molecular complexity index is 731. The summed E-state index contributed by atoms with van der Waals surface area (Å²) >= 11 is 0. The van der Waals surface area contributed by atoms with E-state index in [0.717, 1.165) is 24.7 Å². The van der Waals surface area contributed by atoms with Crippen LogP contribution in [0.25, 0.3) is 10.9 Å². The van der Waals surface area contributed by atoms with Crippen molar-refractivity contribution in [2.45, 2.75) is 18.7 Å². The molecular weight excluding hydrogens is 293 g/mol. The predicted octanol–water partition coefficient (Wildman–Crippen LogP) is 3.07. The largest absolute Gasteiger partial charge is 0.418 e. The molecule has 2 aliphatic rings. The van der Waals surface area contributed by atoms with E-state index in [1.165, 1.54) is 12.3 Å². The molecule has 1 aromatic heterocycles. The number of hydrogen-bond donors (Lipinski definition) is 1. The Hall–Kier alpha value is -1.82. The van der Waals surface area contributed by atoms with Crippen LogP contribution in [0.2, 0.25) is 0 Å². The van der Waals surface area contributed by atoms with Gasteiger partial charge in [0.05, 0.1) is 17.2 Å². The van der Waals surface area contributed by atoms with Crippen LogP contribution < -0.4 is 4.90 Å². The van der Waals surface area contributed by atoms with E-state index in [1.807, 2.05) is 0 Å². The highest BCUT2D eigenvalue weighted by Gasteiger charge is 2.46. The molecule has 1 saturated heterocycles. The third-order valence-corrected chi connectivity index (χ3v) is 4.92. The van der Waals surface area contributed by atoms with Gasteiger partial charge in [-0.05, 0) is 24.5 Å². The van der Waals surface area contributed by atoms with Gasteiger partial charge in [-0.1, -0.05) is 12.1 Å². The van der Waals surface area contributed by atoms with Crippen molar-refractivity contribution in [2.24, 2.45) is 11.8 Å². The van der Waals surface area contributed by atoms with E-state index >= 15 is 0 Å². The van der Waals surface area contributed by atoms with Gasteiger partial charge in [0.2, 0.25) is 0 Å². The predicted molar refractivity (Wildman–Crippen MR) is 76.6 cm³/mol. The van der Waals surface area contributed by atoms with Gasteiger partial charge in [-0.25, -0.2) is 0 Å². The minimum Gasteiger partial charge on any atom is -0.393 e. The molecule has 0 bridgehead atoms. The molecule has 0 spiro atoms. The molecule has 1 N–H and O–H groups in total. The van der Waals surface area contributed by atoms with Crippen LogP contribution in [0.5, 0.6) is 0 Å². The van der Waals surface area contributed by atoms with Crippen LogP contribution in [0.15, 0.2) is 30.5 Å². The van der Waals surface area contributed by atoms with Gasteiger partial charge in [0.25, 0.3) is 0 Å². The van der Waals surface area contributed by atoms with Gasteiger partial charge < -0.3 is 10.0 Å². The summed E-state index contributed by atoms with van der Waals surface area (Å²) in [7, 11) is 0. The number of rotatable bonds is 1. The molecule has 2 fully saturated rings. The van der Waals surface area contributed by atoms with Crippen molar-refractivity contribution in [1.29, 1.82) is 0 Å². The summed E-state index contributed by atoms with van der Waals surface area (Å²) in [4.78, 5) is 6.03. The average molecular weight is 308 g/mol. The van der Waals surface area contributed by atoms with Crippen molar-refractivity contribution >= 4 is 16.6 Å². The minimum absolute atomic E-state index is 0.00713. The van der Waals surface area contributed by atoms with Crippen LogP contribution in [-0.4, -0.2) is 29.3 Å². The summed E-state index contributed by atoms with van der Waals surface area (Å²) in [5.41, 5.74) is 0.0686. The zero-order chi connectivity index (χ0) is 15.5. The molecule has 0 unspecified atom stereocenters. The number of anilines is 1. The monoisotopic (exact) mass is 308 g/mol. The van der Waals surface area contributed by atoms with E-state index in [4.69, 9.17) is 0 Å². The number of para-hydroxylation sites is 1. The average Bonchev–Trinajstić information content (AvgIpc) is 2.82. The van der Waals surface area contributed by atoms with E-state index in [0.29, 0.717) is 17.8 Å². The van der Waals surface area contributed by atoms with Crippen molar-refractivity contribution in [3.8, 4) is 0 Å².